The van der Waals surface area contributed by atoms with Crippen molar-refractivity contribution < 1.29 is 14.3 Å². The van der Waals surface area contributed by atoms with Crippen molar-refractivity contribution in [3.8, 4) is 5.75 Å². The molecule has 3 N–H and O–H groups in total. The molecule has 0 aromatic heterocycles. The second-order valence-electron chi connectivity index (χ2n) is 6.94. The molecule has 0 aliphatic carbocycles. The number of ether oxygens (including phenoxy) is 1. The Hall–Kier alpha value is -0.883. The molecule has 2 atom stereocenters. The summed E-state index contributed by atoms with van der Waals surface area (Å²) >= 11 is 0. The highest BCUT2D eigenvalue weighted by Gasteiger charge is 2.37. The zero-order valence-corrected chi connectivity index (χ0v) is 15.0. The van der Waals surface area contributed by atoms with Gasteiger partial charge >= 0.3 is 0 Å². The van der Waals surface area contributed by atoms with E-state index in [9.17, 15) is 5.11 Å². The first-order valence-corrected chi connectivity index (χ1v) is 10.2. The molecular weight excluding hydrogens is 282 g/mol. The summed E-state index contributed by atoms with van der Waals surface area (Å²) in [6.45, 7) is 11.1. The van der Waals surface area contributed by atoms with Gasteiger partial charge in [0, 0.05) is 0 Å². The molecule has 0 aliphatic heterocycles. The van der Waals surface area contributed by atoms with Crippen LogP contribution >= 0.6 is 0 Å². The minimum Gasteiger partial charge on any atom is -0.497 e. The molecule has 1 rings (SSSR count). The smallest absolute Gasteiger partial charge is 0.192 e. The minimum atomic E-state index is -1.86. The number of aliphatic hydroxyl groups excluding tert-OH is 1. The van der Waals surface area contributed by atoms with E-state index in [1.165, 1.54) is 0 Å². The van der Waals surface area contributed by atoms with Gasteiger partial charge in [0.15, 0.2) is 8.32 Å². The molecule has 1 aromatic rings. The SMILES string of the molecule is COc1ccc([C@@H](N)[C@@H](O)CO[Si](C)(C)C(C)(C)C)cc1. The van der Waals surface area contributed by atoms with E-state index in [1.807, 2.05) is 24.3 Å². The predicted octanol–water partition coefficient (Wildman–Crippen LogP) is 3.08. The minimum absolute atomic E-state index is 0.122. The molecule has 1 aromatic carbocycles. The van der Waals surface area contributed by atoms with Crippen LogP contribution in [0.5, 0.6) is 5.75 Å². The van der Waals surface area contributed by atoms with Crippen molar-refractivity contribution in [1.82, 2.24) is 0 Å². The van der Waals surface area contributed by atoms with Gasteiger partial charge in [0.25, 0.3) is 0 Å². The highest BCUT2D eigenvalue weighted by atomic mass is 28.4. The second kappa shape index (κ2) is 6.92. The molecule has 0 heterocycles. The Balaban J connectivity index is 2.64. The molecule has 4 nitrogen and oxygen atoms in total. The van der Waals surface area contributed by atoms with Gasteiger partial charge in [0.2, 0.25) is 0 Å². The Morgan fingerprint density at radius 1 is 1.19 bits per heavy atom. The van der Waals surface area contributed by atoms with Gasteiger partial charge in [0.1, 0.15) is 5.75 Å². The molecule has 120 valence electrons. The summed E-state index contributed by atoms with van der Waals surface area (Å²) in [4.78, 5) is 0. The Morgan fingerprint density at radius 2 is 1.71 bits per heavy atom. The Morgan fingerprint density at radius 3 is 2.14 bits per heavy atom. The maximum Gasteiger partial charge on any atom is 0.192 e. The third kappa shape index (κ3) is 4.81. The van der Waals surface area contributed by atoms with Crippen LogP contribution in [0.2, 0.25) is 18.1 Å². The summed E-state index contributed by atoms with van der Waals surface area (Å²) in [7, 11) is -0.243. The van der Waals surface area contributed by atoms with Gasteiger partial charge < -0.3 is 20.0 Å². The molecule has 0 saturated heterocycles. The van der Waals surface area contributed by atoms with Crippen LogP contribution < -0.4 is 10.5 Å². The summed E-state index contributed by atoms with van der Waals surface area (Å²) < 4.78 is 11.1. The highest BCUT2D eigenvalue weighted by molar-refractivity contribution is 6.74. The van der Waals surface area contributed by atoms with E-state index >= 15 is 0 Å². The first-order chi connectivity index (χ1) is 9.58. The molecule has 0 amide bonds. The van der Waals surface area contributed by atoms with E-state index < -0.39 is 20.5 Å². The predicted molar refractivity (Wildman–Crippen MR) is 89.1 cm³/mol. The number of nitrogens with two attached hydrogens (primary N) is 1. The van der Waals surface area contributed by atoms with Crippen molar-refractivity contribution in [2.75, 3.05) is 13.7 Å². The third-order valence-corrected chi connectivity index (χ3v) is 8.84. The average molecular weight is 311 g/mol. The van der Waals surface area contributed by atoms with Gasteiger partial charge in [-0.05, 0) is 35.8 Å². The lowest BCUT2D eigenvalue weighted by molar-refractivity contribution is 0.0786. The average Bonchev–Trinajstić information content (AvgIpc) is 2.43. The van der Waals surface area contributed by atoms with E-state index in [2.05, 4.69) is 33.9 Å². The largest absolute Gasteiger partial charge is 0.497 e. The van der Waals surface area contributed by atoms with Crippen LogP contribution in [0, 0.1) is 0 Å². The first-order valence-electron chi connectivity index (χ1n) is 7.30. The summed E-state index contributed by atoms with van der Waals surface area (Å²) in [5.41, 5.74) is 6.99. The third-order valence-electron chi connectivity index (χ3n) is 4.34. The molecule has 0 saturated carbocycles. The molecule has 0 radical (unpaired) electrons. The highest BCUT2D eigenvalue weighted by Crippen LogP contribution is 2.36. The topological polar surface area (TPSA) is 64.7 Å². The maximum absolute atomic E-state index is 10.3. The molecular formula is C16H29NO3Si. The van der Waals surface area contributed by atoms with Gasteiger partial charge in [-0.25, -0.2) is 0 Å². The molecule has 0 spiro atoms. The van der Waals surface area contributed by atoms with Gasteiger partial charge in [-0.1, -0.05) is 32.9 Å². The van der Waals surface area contributed by atoms with Gasteiger partial charge in [-0.2, -0.15) is 0 Å². The zero-order valence-electron chi connectivity index (χ0n) is 14.0. The lowest BCUT2D eigenvalue weighted by atomic mass is 10.0. The second-order valence-corrected chi connectivity index (χ2v) is 11.7. The quantitative estimate of drug-likeness (QED) is 0.792. The number of rotatable bonds is 6. The van der Waals surface area contributed by atoms with Gasteiger partial charge in [-0.3, -0.25) is 0 Å². The normalized spacial score (nSPS) is 15.6. The Bertz CT molecular complexity index is 440. The molecule has 0 bridgehead atoms. The Labute approximate surface area is 129 Å². The van der Waals surface area contributed by atoms with Crippen molar-refractivity contribution in [3.05, 3.63) is 29.8 Å². The van der Waals surface area contributed by atoms with Crippen molar-refractivity contribution in [2.45, 2.75) is 51.0 Å². The Kier molecular flexibility index (Phi) is 5.98. The fourth-order valence-electron chi connectivity index (χ4n) is 1.66. The number of methoxy groups -OCH3 is 1. The van der Waals surface area contributed by atoms with Crippen LogP contribution in [-0.4, -0.2) is 33.2 Å². The van der Waals surface area contributed by atoms with Crippen molar-refractivity contribution >= 4 is 8.32 Å². The van der Waals surface area contributed by atoms with Crippen molar-refractivity contribution in [2.24, 2.45) is 5.73 Å². The lowest BCUT2D eigenvalue weighted by Gasteiger charge is -2.37. The van der Waals surface area contributed by atoms with Crippen LogP contribution in [0.3, 0.4) is 0 Å². The van der Waals surface area contributed by atoms with E-state index in [0.717, 1.165) is 11.3 Å². The number of aliphatic hydroxyl groups is 1. The fourth-order valence-corrected chi connectivity index (χ4v) is 2.68. The molecule has 5 heteroatoms. The maximum atomic E-state index is 10.3. The molecule has 0 fully saturated rings. The van der Waals surface area contributed by atoms with Crippen LogP contribution in [0.1, 0.15) is 32.4 Å². The monoisotopic (exact) mass is 311 g/mol. The van der Waals surface area contributed by atoms with Crippen LogP contribution in [0.4, 0.5) is 0 Å². The summed E-state index contributed by atoms with van der Waals surface area (Å²) in [6.07, 6.45) is -0.715. The molecule has 0 aliphatic rings. The number of hydrogen-bond donors (Lipinski definition) is 2. The summed E-state index contributed by atoms with van der Waals surface area (Å²) in [5.74, 6) is 0.776. The van der Waals surface area contributed by atoms with Crippen LogP contribution in [0.15, 0.2) is 24.3 Å². The standard InChI is InChI=1S/C16H29NO3Si/c1-16(2,3)21(5,6)20-11-14(18)15(17)12-7-9-13(19-4)10-8-12/h7-10,14-15,18H,11,17H2,1-6H3/t14-,15+/m0/s1. The molecule has 0 unspecified atom stereocenters. The first kappa shape index (κ1) is 18.2. The summed E-state index contributed by atoms with van der Waals surface area (Å²) in [6, 6.07) is 6.98. The van der Waals surface area contributed by atoms with Gasteiger partial charge in [0.05, 0.1) is 25.9 Å². The number of benzene rings is 1. The lowest BCUT2D eigenvalue weighted by Crippen LogP contribution is -2.44. The number of hydrogen-bond acceptors (Lipinski definition) is 4. The summed E-state index contributed by atoms with van der Waals surface area (Å²) in [5, 5.41) is 10.4. The van der Waals surface area contributed by atoms with E-state index in [0.29, 0.717) is 0 Å². The van der Waals surface area contributed by atoms with E-state index in [4.69, 9.17) is 14.9 Å². The fraction of sp³-hybridized carbons (Fsp3) is 0.625. The van der Waals surface area contributed by atoms with Crippen LogP contribution in [-0.2, 0) is 4.43 Å². The van der Waals surface area contributed by atoms with Crippen molar-refractivity contribution in [3.63, 3.8) is 0 Å². The van der Waals surface area contributed by atoms with E-state index in [1.54, 1.807) is 7.11 Å². The molecule has 21 heavy (non-hydrogen) atoms. The van der Waals surface area contributed by atoms with Crippen LogP contribution in [0.25, 0.3) is 0 Å². The van der Waals surface area contributed by atoms with Crippen molar-refractivity contribution in [1.29, 1.82) is 0 Å². The van der Waals surface area contributed by atoms with Gasteiger partial charge in [-0.15, -0.1) is 0 Å². The van der Waals surface area contributed by atoms with E-state index in [-0.39, 0.29) is 11.6 Å². The zero-order chi connectivity index (χ0) is 16.3.